The van der Waals surface area contributed by atoms with Crippen LogP contribution in [-0.4, -0.2) is 25.7 Å². The number of primary amides is 1. The second-order valence-corrected chi connectivity index (χ2v) is 6.53. The van der Waals surface area contributed by atoms with E-state index in [0.29, 0.717) is 16.8 Å². The zero-order valence-corrected chi connectivity index (χ0v) is 15.7. The zero-order valence-electron chi connectivity index (χ0n) is 15.7. The molecule has 0 saturated carbocycles. The summed E-state index contributed by atoms with van der Waals surface area (Å²) in [5, 5.41) is 4.40. The predicted molar refractivity (Wildman–Crippen MR) is 105 cm³/mol. The van der Waals surface area contributed by atoms with Gasteiger partial charge in [0.25, 0.3) is 0 Å². The Kier molecular flexibility index (Phi) is 4.74. The zero-order chi connectivity index (χ0) is 21.4. The maximum atomic E-state index is 14.3. The Morgan fingerprint density at radius 1 is 1.23 bits per heavy atom. The lowest BCUT2D eigenvalue weighted by Crippen LogP contribution is -2.13. The van der Waals surface area contributed by atoms with Crippen LogP contribution in [0.25, 0.3) is 16.6 Å². The van der Waals surface area contributed by atoms with Gasteiger partial charge in [0.1, 0.15) is 28.9 Å². The molecule has 0 radical (unpaired) electrons. The number of hydrogen-bond acceptors (Lipinski definition) is 6. The van der Waals surface area contributed by atoms with Crippen molar-refractivity contribution in [2.24, 2.45) is 5.73 Å². The Morgan fingerprint density at radius 3 is 2.73 bits per heavy atom. The minimum Gasteiger partial charge on any atom is -0.480 e. The van der Waals surface area contributed by atoms with Gasteiger partial charge in [0.05, 0.1) is 11.9 Å². The highest BCUT2D eigenvalue weighted by atomic mass is 19.1. The van der Waals surface area contributed by atoms with Crippen LogP contribution in [0, 0.1) is 11.6 Å². The van der Waals surface area contributed by atoms with Gasteiger partial charge in [-0.2, -0.15) is 5.10 Å². The van der Waals surface area contributed by atoms with Crippen LogP contribution >= 0.6 is 0 Å². The molecule has 4 N–H and O–H groups in total. The number of nitrogen functional groups attached to an aromatic ring is 1. The van der Waals surface area contributed by atoms with Gasteiger partial charge in [-0.05, 0) is 31.2 Å². The van der Waals surface area contributed by atoms with Crippen molar-refractivity contribution in [3.8, 4) is 11.4 Å². The molecule has 30 heavy (non-hydrogen) atoms. The van der Waals surface area contributed by atoms with Crippen LogP contribution in [0.4, 0.5) is 14.6 Å². The largest absolute Gasteiger partial charge is 0.480 e. The molecular weight excluding hydrogens is 394 g/mol. The average molecular weight is 410 g/mol. The van der Waals surface area contributed by atoms with Gasteiger partial charge >= 0.3 is 0 Å². The van der Waals surface area contributed by atoms with Crippen molar-refractivity contribution in [3.63, 3.8) is 0 Å². The Hall–Kier alpha value is -4.08. The fraction of sp³-hybridized carbons (Fsp3) is 0.100. The molecule has 0 aliphatic rings. The standard InChI is InChI=1S/C20H16F2N6O2/c1-10(17-15(8-13(21)9-25-17)28-4-2-3-26-28)30-16-7-11-5-12(20(24)29)6-14(22)18(11)27-19(16)23/h2-10H,1H3,(H2,23,27)(H2,24,29). The van der Waals surface area contributed by atoms with Crippen LogP contribution in [-0.2, 0) is 0 Å². The first-order valence-corrected chi connectivity index (χ1v) is 8.85. The molecule has 10 heteroatoms. The van der Waals surface area contributed by atoms with Crippen molar-refractivity contribution < 1.29 is 18.3 Å². The van der Waals surface area contributed by atoms with Crippen LogP contribution in [0.2, 0.25) is 0 Å². The number of benzene rings is 1. The molecule has 1 amide bonds. The third-order valence-corrected chi connectivity index (χ3v) is 4.45. The number of nitrogens with zero attached hydrogens (tertiary/aromatic N) is 4. The number of pyridine rings is 2. The molecule has 152 valence electrons. The van der Waals surface area contributed by atoms with Gasteiger partial charge in [0, 0.05) is 29.4 Å². The molecule has 1 atom stereocenters. The summed E-state index contributed by atoms with van der Waals surface area (Å²) in [6.07, 6.45) is 3.58. The molecule has 3 aromatic heterocycles. The van der Waals surface area contributed by atoms with Crippen LogP contribution in [0.3, 0.4) is 0 Å². The number of anilines is 1. The van der Waals surface area contributed by atoms with E-state index in [1.807, 2.05) is 0 Å². The highest BCUT2D eigenvalue weighted by Gasteiger charge is 2.19. The van der Waals surface area contributed by atoms with Crippen LogP contribution in [0.15, 0.2) is 48.9 Å². The second kappa shape index (κ2) is 7.39. The summed E-state index contributed by atoms with van der Waals surface area (Å²) in [4.78, 5) is 19.6. The predicted octanol–water partition coefficient (Wildman–Crippen LogP) is 2.91. The third kappa shape index (κ3) is 3.50. The number of ether oxygens (including phenoxy) is 1. The molecule has 0 saturated heterocycles. The van der Waals surface area contributed by atoms with E-state index in [1.165, 1.54) is 22.9 Å². The van der Waals surface area contributed by atoms with Crippen LogP contribution in [0.5, 0.6) is 5.75 Å². The number of aromatic nitrogens is 4. The molecule has 1 unspecified atom stereocenters. The first kappa shape index (κ1) is 19.2. The van der Waals surface area contributed by atoms with Crippen molar-refractivity contribution in [1.29, 1.82) is 0 Å². The SMILES string of the molecule is CC(Oc1cc2cc(C(N)=O)cc(F)c2nc1N)c1ncc(F)cc1-n1cccn1. The number of amides is 1. The molecule has 0 aliphatic carbocycles. The first-order valence-electron chi connectivity index (χ1n) is 8.85. The van der Waals surface area contributed by atoms with E-state index in [4.69, 9.17) is 16.2 Å². The smallest absolute Gasteiger partial charge is 0.248 e. The molecular formula is C20H16F2N6O2. The molecule has 0 spiro atoms. The van der Waals surface area contributed by atoms with Crippen LogP contribution < -0.4 is 16.2 Å². The minimum absolute atomic E-state index is 0.00765. The van der Waals surface area contributed by atoms with Crippen molar-refractivity contribution in [2.45, 2.75) is 13.0 Å². The highest BCUT2D eigenvalue weighted by Crippen LogP contribution is 2.32. The van der Waals surface area contributed by atoms with Crippen molar-refractivity contribution in [3.05, 3.63) is 71.8 Å². The number of hydrogen-bond donors (Lipinski definition) is 2. The summed E-state index contributed by atoms with van der Waals surface area (Å²) in [6, 6.07) is 6.83. The molecule has 8 nitrogen and oxygen atoms in total. The lowest BCUT2D eigenvalue weighted by Gasteiger charge is -2.18. The number of nitrogens with two attached hydrogens (primary N) is 2. The second-order valence-electron chi connectivity index (χ2n) is 6.53. The van der Waals surface area contributed by atoms with Gasteiger partial charge in [-0.3, -0.25) is 9.78 Å². The summed E-state index contributed by atoms with van der Waals surface area (Å²) in [6.45, 7) is 1.69. The minimum atomic E-state index is -0.775. The van der Waals surface area contributed by atoms with E-state index in [0.717, 1.165) is 12.3 Å². The molecule has 4 rings (SSSR count). The van der Waals surface area contributed by atoms with Crippen molar-refractivity contribution in [2.75, 3.05) is 5.73 Å². The molecule has 4 aromatic rings. The Balaban J connectivity index is 1.74. The van der Waals surface area contributed by atoms with Gasteiger partial charge in [0.2, 0.25) is 5.91 Å². The van der Waals surface area contributed by atoms with Gasteiger partial charge in [-0.1, -0.05) is 0 Å². The van der Waals surface area contributed by atoms with E-state index >= 15 is 0 Å². The van der Waals surface area contributed by atoms with E-state index in [1.54, 1.807) is 25.4 Å². The number of carbonyl (C=O) groups is 1. The molecule has 0 bridgehead atoms. The van der Waals surface area contributed by atoms with E-state index in [2.05, 4.69) is 15.1 Å². The number of rotatable bonds is 5. The molecule has 3 heterocycles. The van der Waals surface area contributed by atoms with Crippen LogP contribution in [0.1, 0.15) is 29.1 Å². The highest BCUT2D eigenvalue weighted by molar-refractivity contribution is 5.97. The monoisotopic (exact) mass is 410 g/mol. The quantitative estimate of drug-likeness (QED) is 0.522. The van der Waals surface area contributed by atoms with Crippen molar-refractivity contribution in [1.82, 2.24) is 19.7 Å². The van der Waals surface area contributed by atoms with Gasteiger partial charge in [-0.25, -0.2) is 18.4 Å². The number of carbonyl (C=O) groups excluding carboxylic acids is 1. The third-order valence-electron chi connectivity index (χ3n) is 4.45. The summed E-state index contributed by atoms with van der Waals surface area (Å²) < 4.78 is 35.4. The molecule has 1 aromatic carbocycles. The van der Waals surface area contributed by atoms with E-state index in [-0.39, 0.29) is 22.6 Å². The molecule has 0 aliphatic heterocycles. The molecule has 0 fully saturated rings. The fourth-order valence-electron chi connectivity index (χ4n) is 3.07. The number of halogens is 2. The lowest BCUT2D eigenvalue weighted by atomic mass is 10.1. The number of fused-ring (bicyclic) bond motifs is 1. The lowest BCUT2D eigenvalue weighted by molar-refractivity contribution is 0.1000. The summed E-state index contributed by atoms with van der Waals surface area (Å²) >= 11 is 0. The van der Waals surface area contributed by atoms with Crippen molar-refractivity contribution >= 4 is 22.6 Å². The Morgan fingerprint density at radius 2 is 2.03 bits per heavy atom. The average Bonchev–Trinajstić information content (AvgIpc) is 3.23. The Bertz CT molecular complexity index is 1260. The summed E-state index contributed by atoms with van der Waals surface area (Å²) in [5.41, 5.74) is 12.0. The maximum Gasteiger partial charge on any atom is 0.248 e. The normalized spacial score (nSPS) is 12.1. The van der Waals surface area contributed by atoms with Gasteiger partial charge in [-0.15, -0.1) is 0 Å². The van der Waals surface area contributed by atoms with Gasteiger partial charge in [0.15, 0.2) is 11.6 Å². The summed E-state index contributed by atoms with van der Waals surface area (Å²) in [7, 11) is 0. The summed E-state index contributed by atoms with van der Waals surface area (Å²) in [5.74, 6) is -1.94. The Labute approximate surface area is 169 Å². The maximum absolute atomic E-state index is 14.3. The van der Waals surface area contributed by atoms with E-state index in [9.17, 15) is 13.6 Å². The topological polar surface area (TPSA) is 122 Å². The first-order chi connectivity index (χ1) is 14.3. The van der Waals surface area contributed by atoms with E-state index < -0.39 is 23.6 Å². The fourth-order valence-corrected chi connectivity index (χ4v) is 3.07. The van der Waals surface area contributed by atoms with Gasteiger partial charge < -0.3 is 16.2 Å².